The molecule has 0 bridgehead atoms. The van der Waals surface area contributed by atoms with E-state index >= 15 is 0 Å². The second-order valence-electron chi connectivity index (χ2n) is 3.66. The van der Waals surface area contributed by atoms with E-state index in [1.54, 1.807) is 6.07 Å². The molecule has 0 unspecified atom stereocenters. The Labute approximate surface area is 102 Å². The van der Waals surface area contributed by atoms with E-state index in [9.17, 15) is 0 Å². The maximum Gasteiger partial charge on any atom is 0.0823 e. The summed E-state index contributed by atoms with van der Waals surface area (Å²) < 4.78 is 0. The first-order valence-electron chi connectivity index (χ1n) is 5.36. The molecule has 0 amide bonds. The number of benzene rings is 1. The van der Waals surface area contributed by atoms with Crippen LogP contribution < -0.4 is 5.32 Å². The highest BCUT2D eigenvalue weighted by molar-refractivity contribution is 6.43. The van der Waals surface area contributed by atoms with Crippen LogP contribution in [0.2, 0.25) is 10.0 Å². The molecule has 0 aliphatic rings. The smallest absolute Gasteiger partial charge is 0.0823 e. The Hall–Kier alpha value is -0.400. The monoisotopic (exact) mass is 245 g/mol. The lowest BCUT2D eigenvalue weighted by atomic mass is 10.0. The van der Waals surface area contributed by atoms with Gasteiger partial charge in [0.15, 0.2) is 0 Å². The number of hydrogen-bond donors (Lipinski definition) is 1. The fourth-order valence-corrected chi connectivity index (χ4v) is 1.84. The van der Waals surface area contributed by atoms with Gasteiger partial charge >= 0.3 is 0 Å². The van der Waals surface area contributed by atoms with Gasteiger partial charge in [0.2, 0.25) is 0 Å². The van der Waals surface area contributed by atoms with E-state index in [2.05, 4.69) is 19.2 Å². The van der Waals surface area contributed by atoms with Crippen molar-refractivity contribution in [1.82, 2.24) is 0 Å². The van der Waals surface area contributed by atoms with Crippen molar-refractivity contribution < 1.29 is 0 Å². The lowest BCUT2D eigenvalue weighted by Crippen LogP contribution is -2.12. The summed E-state index contributed by atoms with van der Waals surface area (Å²) in [4.78, 5) is 0. The van der Waals surface area contributed by atoms with Gasteiger partial charge in [-0.05, 0) is 18.1 Å². The number of anilines is 1. The Morgan fingerprint density at radius 2 is 1.87 bits per heavy atom. The van der Waals surface area contributed by atoms with Crippen LogP contribution in [0.1, 0.15) is 26.7 Å². The highest BCUT2D eigenvalue weighted by Crippen LogP contribution is 2.29. The third-order valence-corrected chi connectivity index (χ3v) is 3.51. The summed E-state index contributed by atoms with van der Waals surface area (Å²) in [7, 11) is 0. The Morgan fingerprint density at radius 1 is 1.20 bits per heavy atom. The lowest BCUT2D eigenvalue weighted by molar-refractivity contribution is 0.519. The summed E-state index contributed by atoms with van der Waals surface area (Å²) >= 11 is 12.0. The van der Waals surface area contributed by atoms with E-state index in [0.717, 1.165) is 12.2 Å². The largest absolute Gasteiger partial charge is 0.384 e. The highest BCUT2D eigenvalue weighted by atomic mass is 35.5. The number of nitrogens with one attached hydrogen (secondary N) is 1. The van der Waals surface area contributed by atoms with Gasteiger partial charge in [0.05, 0.1) is 15.7 Å². The van der Waals surface area contributed by atoms with Crippen molar-refractivity contribution >= 4 is 28.9 Å². The molecule has 1 N–H and O–H groups in total. The van der Waals surface area contributed by atoms with E-state index < -0.39 is 0 Å². The molecular weight excluding hydrogens is 229 g/mol. The van der Waals surface area contributed by atoms with Gasteiger partial charge < -0.3 is 5.32 Å². The molecule has 0 aromatic heterocycles. The minimum Gasteiger partial charge on any atom is -0.384 e. The van der Waals surface area contributed by atoms with E-state index in [0.29, 0.717) is 16.0 Å². The minimum absolute atomic E-state index is 0.603. The average molecular weight is 246 g/mol. The summed E-state index contributed by atoms with van der Waals surface area (Å²) in [5, 5.41) is 4.56. The average Bonchev–Trinajstić information content (AvgIpc) is 2.25. The predicted molar refractivity (Wildman–Crippen MR) is 69.0 cm³/mol. The summed E-state index contributed by atoms with van der Waals surface area (Å²) in [5.74, 6) is 0.694. The van der Waals surface area contributed by atoms with Crippen molar-refractivity contribution in [3.63, 3.8) is 0 Å². The molecule has 1 rings (SSSR count). The number of rotatable bonds is 5. The Morgan fingerprint density at radius 3 is 2.47 bits per heavy atom. The number of halogens is 2. The maximum absolute atomic E-state index is 6.07. The second kappa shape index (κ2) is 6.24. The fourth-order valence-electron chi connectivity index (χ4n) is 1.47. The molecule has 1 aromatic rings. The first-order valence-corrected chi connectivity index (χ1v) is 6.12. The topological polar surface area (TPSA) is 12.0 Å². The molecule has 0 spiro atoms. The van der Waals surface area contributed by atoms with Crippen LogP contribution in [0.15, 0.2) is 18.2 Å². The summed E-state index contributed by atoms with van der Waals surface area (Å²) in [6.07, 6.45) is 2.36. The second-order valence-corrected chi connectivity index (χ2v) is 4.45. The zero-order chi connectivity index (χ0) is 11.3. The molecule has 0 saturated heterocycles. The van der Waals surface area contributed by atoms with Gasteiger partial charge in [-0.1, -0.05) is 56.0 Å². The van der Waals surface area contributed by atoms with Gasteiger partial charge in [-0.3, -0.25) is 0 Å². The van der Waals surface area contributed by atoms with Crippen LogP contribution in [0, 0.1) is 5.92 Å². The van der Waals surface area contributed by atoms with Gasteiger partial charge in [-0.15, -0.1) is 0 Å². The van der Waals surface area contributed by atoms with Gasteiger partial charge in [0.1, 0.15) is 0 Å². The van der Waals surface area contributed by atoms with Crippen LogP contribution in [-0.4, -0.2) is 6.54 Å². The molecule has 84 valence electrons. The van der Waals surface area contributed by atoms with E-state index in [-0.39, 0.29) is 0 Å². The van der Waals surface area contributed by atoms with Gasteiger partial charge in [-0.2, -0.15) is 0 Å². The zero-order valence-corrected chi connectivity index (χ0v) is 10.7. The number of hydrogen-bond acceptors (Lipinski definition) is 1. The van der Waals surface area contributed by atoms with Crippen LogP contribution in [0.3, 0.4) is 0 Å². The highest BCUT2D eigenvalue weighted by Gasteiger charge is 2.06. The standard InChI is InChI=1S/C12H17Cl2N/c1-3-9(4-2)8-15-11-7-5-6-10(13)12(11)14/h5-7,9,15H,3-4,8H2,1-2H3. The van der Waals surface area contributed by atoms with Crippen molar-refractivity contribution in [3.05, 3.63) is 28.2 Å². The quantitative estimate of drug-likeness (QED) is 0.783. The molecule has 15 heavy (non-hydrogen) atoms. The van der Waals surface area contributed by atoms with Crippen molar-refractivity contribution in [2.75, 3.05) is 11.9 Å². The maximum atomic E-state index is 6.07. The third kappa shape index (κ3) is 3.58. The van der Waals surface area contributed by atoms with Crippen LogP contribution in [0.5, 0.6) is 0 Å². The lowest BCUT2D eigenvalue weighted by Gasteiger charge is -2.15. The van der Waals surface area contributed by atoms with Crippen molar-refractivity contribution in [1.29, 1.82) is 0 Å². The summed E-state index contributed by atoms with van der Waals surface area (Å²) in [5.41, 5.74) is 0.927. The third-order valence-electron chi connectivity index (χ3n) is 2.69. The molecule has 0 aliphatic carbocycles. The van der Waals surface area contributed by atoms with Crippen molar-refractivity contribution in [2.24, 2.45) is 5.92 Å². The molecule has 0 saturated carbocycles. The predicted octanol–water partition coefficient (Wildman–Crippen LogP) is 4.84. The van der Waals surface area contributed by atoms with Gasteiger partial charge in [-0.25, -0.2) is 0 Å². The van der Waals surface area contributed by atoms with Crippen LogP contribution in [-0.2, 0) is 0 Å². The van der Waals surface area contributed by atoms with Crippen LogP contribution in [0.4, 0.5) is 5.69 Å². The zero-order valence-electron chi connectivity index (χ0n) is 9.19. The molecule has 0 radical (unpaired) electrons. The van der Waals surface area contributed by atoms with Crippen LogP contribution in [0.25, 0.3) is 0 Å². The molecule has 1 aromatic carbocycles. The van der Waals surface area contributed by atoms with Gasteiger partial charge in [0.25, 0.3) is 0 Å². The van der Waals surface area contributed by atoms with E-state index in [4.69, 9.17) is 23.2 Å². The van der Waals surface area contributed by atoms with E-state index in [1.807, 2.05) is 12.1 Å². The SMILES string of the molecule is CCC(CC)CNc1cccc(Cl)c1Cl. The first kappa shape index (κ1) is 12.7. The Bertz CT molecular complexity index is 308. The molecule has 0 heterocycles. The molecule has 3 heteroatoms. The van der Waals surface area contributed by atoms with E-state index in [1.165, 1.54) is 12.8 Å². The first-order chi connectivity index (χ1) is 7.19. The van der Waals surface area contributed by atoms with Crippen molar-refractivity contribution in [2.45, 2.75) is 26.7 Å². The Kier molecular flexibility index (Phi) is 5.27. The van der Waals surface area contributed by atoms with Crippen LogP contribution >= 0.6 is 23.2 Å². The minimum atomic E-state index is 0.603. The van der Waals surface area contributed by atoms with Crippen molar-refractivity contribution in [3.8, 4) is 0 Å². The normalized spacial score (nSPS) is 10.7. The van der Waals surface area contributed by atoms with Gasteiger partial charge in [0, 0.05) is 6.54 Å². The fraction of sp³-hybridized carbons (Fsp3) is 0.500. The molecule has 0 atom stereocenters. The molecule has 0 aliphatic heterocycles. The molecule has 0 fully saturated rings. The Balaban J connectivity index is 2.61. The molecule has 1 nitrogen and oxygen atoms in total. The summed E-state index contributed by atoms with van der Waals surface area (Å²) in [6.45, 7) is 5.36. The molecular formula is C12H17Cl2N. The summed E-state index contributed by atoms with van der Waals surface area (Å²) in [6, 6.07) is 5.66.